The van der Waals surface area contributed by atoms with E-state index in [0.29, 0.717) is 5.75 Å². The number of aromatic hydroxyl groups is 1. The van der Waals surface area contributed by atoms with Crippen LogP contribution in [-0.2, 0) is 0 Å². The molecule has 0 saturated carbocycles. The fourth-order valence-electron chi connectivity index (χ4n) is 1.35. The maximum Gasteiger partial charge on any atom is 0.123 e. The van der Waals surface area contributed by atoms with Crippen LogP contribution in [0, 0.1) is 38.0 Å². The molecule has 0 aromatic heterocycles. The fraction of sp³-hybridized carbons (Fsp3) is 0.333. The summed E-state index contributed by atoms with van der Waals surface area (Å²) in [5, 5.41) is 16.6. The first-order valence-electron chi connectivity index (χ1n) is 5.73. The van der Waals surface area contributed by atoms with Crippen LogP contribution in [0.4, 0.5) is 0 Å². The summed E-state index contributed by atoms with van der Waals surface area (Å²) in [4.78, 5) is 0. The summed E-state index contributed by atoms with van der Waals surface area (Å²) in [5.74, 6) is 0.304. The second-order valence-corrected chi connectivity index (χ2v) is 2.93. The van der Waals surface area contributed by atoms with Gasteiger partial charge in [0, 0.05) is 43.8 Å². The van der Waals surface area contributed by atoms with E-state index in [1.807, 2.05) is 45.9 Å². The summed E-state index contributed by atoms with van der Waals surface area (Å²) >= 11 is 0. The van der Waals surface area contributed by atoms with Crippen LogP contribution in [0.1, 0.15) is 37.5 Å². The molecule has 0 unspecified atom stereocenters. The summed E-state index contributed by atoms with van der Waals surface area (Å²) in [7, 11) is 1.00. The molecule has 0 aliphatic carbocycles. The van der Waals surface area contributed by atoms with Crippen LogP contribution in [0.25, 0.3) is 12.2 Å². The van der Waals surface area contributed by atoms with Gasteiger partial charge >= 0.3 is 0 Å². The predicted molar refractivity (Wildman–Crippen MR) is 80.7 cm³/mol. The maximum atomic E-state index is 9.58. The van der Waals surface area contributed by atoms with Crippen molar-refractivity contribution < 1.29 is 46.8 Å². The number of allylic oxidation sites excluding steroid dienone is 1. The van der Waals surface area contributed by atoms with Crippen molar-refractivity contribution in [3.8, 4) is 5.75 Å². The largest absolute Gasteiger partial charge is 0.507 e. The topological polar surface area (TPSA) is 72.0 Å². The average Bonchev–Trinajstić information content (AvgIpc) is 2.39. The molecule has 0 heterocycles. The number of aliphatic hydroxyl groups excluding tert-OH is 1. The molecule has 19 heavy (non-hydrogen) atoms. The molecule has 1 aromatic carbocycles. The molecule has 0 atom stereocenters. The van der Waals surface area contributed by atoms with Crippen molar-refractivity contribution in [2.75, 3.05) is 7.11 Å². The van der Waals surface area contributed by atoms with Crippen LogP contribution in [-0.4, -0.2) is 22.8 Å². The van der Waals surface area contributed by atoms with E-state index >= 15 is 0 Å². The van der Waals surface area contributed by atoms with Crippen LogP contribution in [0.15, 0.2) is 24.8 Å². The molecular weight excluding hydrogens is 466 g/mol. The molecule has 0 bridgehead atoms. The smallest absolute Gasteiger partial charge is 0.123 e. The van der Waals surface area contributed by atoms with Gasteiger partial charge in [0.15, 0.2) is 0 Å². The van der Waals surface area contributed by atoms with Gasteiger partial charge in [-0.25, -0.2) is 0 Å². The molecule has 0 radical (unpaired) electrons. The Labute approximate surface area is 140 Å². The quantitative estimate of drug-likeness (QED) is 0.666. The predicted octanol–water partition coefficient (Wildman–Crippen LogP) is 3.19. The summed E-state index contributed by atoms with van der Waals surface area (Å²) in [5.41, 5.74) is 2.97. The summed E-state index contributed by atoms with van der Waals surface area (Å²) in [6.07, 6.45) is 5.56. The van der Waals surface area contributed by atoms with Crippen molar-refractivity contribution in [2.45, 2.75) is 27.7 Å². The van der Waals surface area contributed by atoms with Gasteiger partial charge in [-0.3, -0.25) is 0 Å². The molecule has 4 N–H and O–H groups in total. The van der Waals surface area contributed by atoms with Crippen LogP contribution in [0.3, 0.4) is 0 Å². The van der Waals surface area contributed by atoms with Gasteiger partial charge in [-0.1, -0.05) is 44.7 Å². The number of phenolic OH excluding ortho intramolecular Hbond substituents is 1. The van der Waals surface area contributed by atoms with Gasteiger partial charge in [0.05, 0.1) is 0 Å². The zero-order valence-electron chi connectivity index (χ0n) is 12.5. The van der Waals surface area contributed by atoms with E-state index in [9.17, 15) is 5.11 Å². The molecule has 0 aliphatic rings. The average molecular weight is 492 g/mol. The van der Waals surface area contributed by atoms with E-state index in [1.165, 1.54) is 0 Å². The number of phenols is 1. The van der Waals surface area contributed by atoms with Gasteiger partial charge < -0.3 is 15.7 Å². The van der Waals surface area contributed by atoms with E-state index < -0.39 is 0 Å². The molecule has 4 heteroatoms. The minimum Gasteiger partial charge on any atom is -0.507 e. The first-order chi connectivity index (χ1) is 8.20. The summed E-state index contributed by atoms with van der Waals surface area (Å²) in [6, 6.07) is 3.59. The zero-order valence-corrected chi connectivity index (χ0v) is 16.7. The minimum absolute atomic E-state index is 0. The van der Waals surface area contributed by atoms with Gasteiger partial charge in [-0.15, -0.1) is 0 Å². The van der Waals surface area contributed by atoms with E-state index in [4.69, 9.17) is 5.11 Å². The van der Waals surface area contributed by atoms with Gasteiger partial charge in [0.2, 0.25) is 0 Å². The number of rotatable bonds is 2. The molecular formula is C15H26O3U. The van der Waals surface area contributed by atoms with Crippen LogP contribution in [0.2, 0.25) is 0 Å². The maximum absolute atomic E-state index is 9.58. The molecule has 3 nitrogen and oxygen atoms in total. The summed E-state index contributed by atoms with van der Waals surface area (Å²) in [6.45, 7) is 11.7. The van der Waals surface area contributed by atoms with Crippen molar-refractivity contribution in [3.05, 3.63) is 41.5 Å². The van der Waals surface area contributed by atoms with Crippen molar-refractivity contribution in [1.82, 2.24) is 0 Å². The molecule has 0 saturated heterocycles. The molecule has 1 aromatic rings. The van der Waals surface area contributed by atoms with Gasteiger partial charge in [0.1, 0.15) is 5.75 Å². The third-order valence-electron chi connectivity index (χ3n) is 2.02. The molecule has 0 aliphatic heterocycles. The van der Waals surface area contributed by atoms with Crippen LogP contribution < -0.4 is 0 Å². The second kappa shape index (κ2) is 17.5. The summed E-state index contributed by atoms with van der Waals surface area (Å²) < 4.78 is 0. The Kier molecular flexibility index (Phi) is 24.8. The van der Waals surface area contributed by atoms with Gasteiger partial charge in [-0.05, 0) is 31.0 Å². The molecule has 108 valence electrons. The van der Waals surface area contributed by atoms with E-state index in [0.717, 1.165) is 23.8 Å². The zero-order chi connectivity index (χ0) is 13.8. The number of aryl methyl sites for hydroxylation is 1. The number of benzene rings is 1. The number of hydrogen-bond donors (Lipinski definition) is 2. The van der Waals surface area contributed by atoms with Crippen molar-refractivity contribution in [2.24, 2.45) is 0 Å². The Balaban J connectivity index is -0.000000171. The molecule has 0 amide bonds. The Bertz CT molecular complexity index is 361. The Morgan fingerprint density at radius 1 is 1.11 bits per heavy atom. The van der Waals surface area contributed by atoms with Crippen LogP contribution in [0.5, 0.6) is 5.75 Å². The fourth-order valence-corrected chi connectivity index (χ4v) is 1.35. The SMILES string of the molecule is C=Cc1c(C)ccc(O)c1/C=C\C.CC.CO.O.[U]. The first-order valence-corrected chi connectivity index (χ1v) is 5.73. The monoisotopic (exact) mass is 492 g/mol. The van der Waals surface area contributed by atoms with E-state index in [-0.39, 0.29) is 36.6 Å². The van der Waals surface area contributed by atoms with Gasteiger partial charge in [0.25, 0.3) is 0 Å². The van der Waals surface area contributed by atoms with E-state index in [2.05, 4.69) is 6.58 Å². The second-order valence-electron chi connectivity index (χ2n) is 2.93. The number of hydrogen-bond acceptors (Lipinski definition) is 2. The molecule has 1 rings (SSSR count). The van der Waals surface area contributed by atoms with Crippen molar-refractivity contribution >= 4 is 12.2 Å². The standard InChI is InChI=1S/C12H14O.C2H6.CH4O.H2O.U/c1-4-6-11-10(5-2)9(3)7-8-12(11)13;2*1-2;;/h4-8,13H,2H2,1,3H3;1-2H3;2H,1H3;1H2;/b6-4-;;;;. The normalized spacial score (nSPS) is 7.89. The number of aliphatic hydroxyl groups is 1. The Hall–Kier alpha value is -0.528. The first kappa shape index (κ1) is 26.9. The molecule has 0 fully saturated rings. The third-order valence-corrected chi connectivity index (χ3v) is 2.02. The van der Waals surface area contributed by atoms with Crippen molar-refractivity contribution in [3.63, 3.8) is 0 Å². The Morgan fingerprint density at radius 2 is 1.58 bits per heavy atom. The molecule has 0 spiro atoms. The van der Waals surface area contributed by atoms with E-state index in [1.54, 1.807) is 12.1 Å². The van der Waals surface area contributed by atoms with Crippen LogP contribution >= 0.6 is 0 Å². The third kappa shape index (κ3) is 9.07. The Morgan fingerprint density at radius 3 is 1.95 bits per heavy atom. The van der Waals surface area contributed by atoms with Crippen molar-refractivity contribution in [1.29, 1.82) is 0 Å². The minimum atomic E-state index is 0. The van der Waals surface area contributed by atoms with Gasteiger partial charge in [-0.2, -0.15) is 0 Å².